The maximum atomic E-state index is 6.11. The lowest BCUT2D eigenvalue weighted by Gasteiger charge is -2.32. The van der Waals surface area contributed by atoms with Crippen LogP contribution in [0, 0.1) is 12.8 Å². The normalized spacial score (nSPS) is 15.8. The Hall–Kier alpha value is -2.67. The number of aromatic amines is 1. The molecule has 0 unspecified atom stereocenters. The van der Waals surface area contributed by atoms with Gasteiger partial charge in [0.25, 0.3) is 0 Å². The van der Waals surface area contributed by atoms with E-state index in [2.05, 4.69) is 26.1 Å². The van der Waals surface area contributed by atoms with Crippen molar-refractivity contribution in [1.29, 1.82) is 0 Å². The summed E-state index contributed by atoms with van der Waals surface area (Å²) in [5.41, 5.74) is 15.7. The van der Waals surface area contributed by atoms with Gasteiger partial charge in [-0.25, -0.2) is 9.97 Å². The van der Waals surface area contributed by atoms with Gasteiger partial charge in [-0.05, 0) is 44.4 Å². The molecule has 1 aliphatic heterocycles. The number of aryl methyl sites for hydroxylation is 1. The monoisotopic (exact) mass is 337 g/mol. The molecular formula is C18H23N7. The Labute approximate surface area is 146 Å². The second-order valence-corrected chi connectivity index (χ2v) is 6.71. The Morgan fingerprint density at radius 3 is 2.84 bits per heavy atom. The van der Waals surface area contributed by atoms with E-state index in [1.54, 1.807) is 6.20 Å². The quantitative estimate of drug-likeness (QED) is 0.675. The highest BCUT2D eigenvalue weighted by molar-refractivity contribution is 5.86. The van der Waals surface area contributed by atoms with Crippen molar-refractivity contribution in [2.24, 2.45) is 11.7 Å². The molecule has 7 nitrogen and oxygen atoms in total. The van der Waals surface area contributed by atoms with Crippen molar-refractivity contribution >= 4 is 22.5 Å². The molecule has 1 fully saturated rings. The molecule has 5 N–H and O–H groups in total. The van der Waals surface area contributed by atoms with Gasteiger partial charge in [-0.3, -0.25) is 5.10 Å². The first kappa shape index (κ1) is 15.8. The number of nitrogens with two attached hydrogens (primary N) is 2. The fourth-order valence-electron chi connectivity index (χ4n) is 3.44. The fourth-order valence-corrected chi connectivity index (χ4v) is 3.44. The highest BCUT2D eigenvalue weighted by Gasteiger charge is 2.21. The summed E-state index contributed by atoms with van der Waals surface area (Å²) in [5.74, 6) is 1.85. The number of nitrogens with zero attached hydrogens (tertiary/aromatic N) is 4. The summed E-state index contributed by atoms with van der Waals surface area (Å²) in [6.07, 6.45) is 3.88. The predicted molar refractivity (Wildman–Crippen MR) is 100 cm³/mol. The molecule has 130 valence electrons. The van der Waals surface area contributed by atoms with E-state index in [4.69, 9.17) is 16.5 Å². The lowest BCUT2D eigenvalue weighted by molar-refractivity contribution is 0.413. The molecule has 0 radical (unpaired) electrons. The van der Waals surface area contributed by atoms with Crippen LogP contribution in [0.3, 0.4) is 0 Å². The van der Waals surface area contributed by atoms with Crippen molar-refractivity contribution in [3.05, 3.63) is 30.1 Å². The number of hydrogen-bond donors (Lipinski definition) is 3. The minimum Gasteiger partial charge on any atom is -0.381 e. The van der Waals surface area contributed by atoms with Gasteiger partial charge in [-0.1, -0.05) is 6.07 Å². The number of anilines is 2. The molecule has 4 rings (SSSR count). The molecule has 0 amide bonds. The Morgan fingerprint density at radius 1 is 1.28 bits per heavy atom. The summed E-state index contributed by atoms with van der Waals surface area (Å²) in [6.45, 7) is 4.61. The Morgan fingerprint density at radius 2 is 2.08 bits per heavy atom. The van der Waals surface area contributed by atoms with Crippen molar-refractivity contribution in [1.82, 2.24) is 20.2 Å². The SMILES string of the molecule is Cc1[nH]nc2ccc(-c3cnc(N)c(N4CCC(CN)CC4)n3)cc12. The van der Waals surface area contributed by atoms with E-state index in [-0.39, 0.29) is 0 Å². The highest BCUT2D eigenvalue weighted by atomic mass is 15.2. The third-order valence-corrected chi connectivity index (χ3v) is 5.07. The molecule has 1 aliphatic rings. The first-order chi connectivity index (χ1) is 12.2. The zero-order valence-electron chi connectivity index (χ0n) is 14.4. The van der Waals surface area contributed by atoms with Gasteiger partial charge in [0.2, 0.25) is 0 Å². The molecule has 0 saturated carbocycles. The van der Waals surface area contributed by atoms with E-state index in [0.29, 0.717) is 11.7 Å². The average molecular weight is 337 g/mol. The number of nitrogen functional groups attached to an aromatic ring is 1. The molecule has 3 aromatic rings. The molecular weight excluding hydrogens is 314 g/mol. The molecule has 0 spiro atoms. The smallest absolute Gasteiger partial charge is 0.172 e. The maximum absolute atomic E-state index is 6.11. The van der Waals surface area contributed by atoms with Crippen LogP contribution in [0.4, 0.5) is 11.6 Å². The van der Waals surface area contributed by atoms with Gasteiger partial charge >= 0.3 is 0 Å². The number of fused-ring (bicyclic) bond motifs is 1. The van der Waals surface area contributed by atoms with Crippen molar-refractivity contribution in [2.75, 3.05) is 30.3 Å². The maximum Gasteiger partial charge on any atom is 0.172 e. The van der Waals surface area contributed by atoms with Gasteiger partial charge < -0.3 is 16.4 Å². The van der Waals surface area contributed by atoms with Gasteiger partial charge in [-0.15, -0.1) is 0 Å². The summed E-state index contributed by atoms with van der Waals surface area (Å²) in [6, 6.07) is 6.12. The van der Waals surface area contributed by atoms with Gasteiger partial charge in [0.05, 0.1) is 17.4 Å². The summed E-state index contributed by atoms with van der Waals surface area (Å²) in [7, 11) is 0. The van der Waals surface area contributed by atoms with Crippen LogP contribution >= 0.6 is 0 Å². The van der Waals surface area contributed by atoms with E-state index in [1.807, 2.05) is 19.1 Å². The van der Waals surface area contributed by atoms with Gasteiger partial charge in [0.1, 0.15) is 0 Å². The van der Waals surface area contributed by atoms with E-state index >= 15 is 0 Å². The standard InChI is InChI=1S/C18H23N7/c1-11-14-8-13(2-3-15(14)24-23-11)16-10-21-17(20)18(22-16)25-6-4-12(9-19)5-7-25/h2-3,8,10,12H,4-7,9,19H2,1H3,(H2,20,21)(H,23,24). The lowest BCUT2D eigenvalue weighted by Crippen LogP contribution is -2.37. The minimum absolute atomic E-state index is 0.482. The van der Waals surface area contributed by atoms with Crippen molar-refractivity contribution in [2.45, 2.75) is 19.8 Å². The first-order valence-corrected chi connectivity index (χ1v) is 8.68. The van der Waals surface area contributed by atoms with Crippen LogP contribution in [-0.2, 0) is 0 Å². The van der Waals surface area contributed by atoms with E-state index in [0.717, 1.165) is 66.1 Å². The summed E-state index contributed by atoms with van der Waals surface area (Å²) < 4.78 is 0. The molecule has 7 heteroatoms. The van der Waals surface area contributed by atoms with E-state index in [1.165, 1.54) is 0 Å². The van der Waals surface area contributed by atoms with Crippen molar-refractivity contribution in [3.63, 3.8) is 0 Å². The molecule has 25 heavy (non-hydrogen) atoms. The van der Waals surface area contributed by atoms with Crippen LogP contribution in [-0.4, -0.2) is 39.8 Å². The third kappa shape index (κ3) is 2.91. The van der Waals surface area contributed by atoms with Gasteiger partial charge in [-0.2, -0.15) is 5.10 Å². The third-order valence-electron chi connectivity index (χ3n) is 5.07. The first-order valence-electron chi connectivity index (χ1n) is 8.68. The number of piperidine rings is 1. The number of aromatic nitrogens is 4. The van der Waals surface area contributed by atoms with Crippen molar-refractivity contribution in [3.8, 4) is 11.3 Å². The van der Waals surface area contributed by atoms with Crippen LogP contribution in [0.2, 0.25) is 0 Å². The fraction of sp³-hybridized carbons (Fsp3) is 0.389. The van der Waals surface area contributed by atoms with Gasteiger partial charge in [0.15, 0.2) is 11.6 Å². The topological polar surface area (TPSA) is 110 Å². The lowest BCUT2D eigenvalue weighted by atomic mass is 9.97. The van der Waals surface area contributed by atoms with Gasteiger partial charge in [0, 0.05) is 29.7 Å². The molecule has 0 bridgehead atoms. The number of benzene rings is 1. The zero-order chi connectivity index (χ0) is 17.4. The number of rotatable bonds is 3. The second-order valence-electron chi connectivity index (χ2n) is 6.71. The number of H-pyrrole nitrogens is 1. The Bertz CT molecular complexity index is 894. The van der Waals surface area contributed by atoms with Crippen LogP contribution in [0.15, 0.2) is 24.4 Å². The molecule has 2 aromatic heterocycles. The van der Waals surface area contributed by atoms with E-state index < -0.39 is 0 Å². The summed E-state index contributed by atoms with van der Waals surface area (Å²) >= 11 is 0. The number of hydrogen-bond acceptors (Lipinski definition) is 6. The molecule has 3 heterocycles. The summed E-state index contributed by atoms with van der Waals surface area (Å²) in [4.78, 5) is 11.4. The minimum atomic E-state index is 0.482. The van der Waals surface area contributed by atoms with Crippen LogP contribution in [0.25, 0.3) is 22.2 Å². The molecule has 0 atom stereocenters. The Balaban J connectivity index is 1.67. The van der Waals surface area contributed by atoms with Crippen molar-refractivity contribution < 1.29 is 0 Å². The second kappa shape index (κ2) is 6.33. The Kier molecular flexibility index (Phi) is 4.01. The average Bonchev–Trinajstić information content (AvgIpc) is 3.03. The highest BCUT2D eigenvalue weighted by Crippen LogP contribution is 2.29. The zero-order valence-corrected chi connectivity index (χ0v) is 14.4. The van der Waals surface area contributed by atoms with Crippen LogP contribution < -0.4 is 16.4 Å². The molecule has 1 saturated heterocycles. The largest absolute Gasteiger partial charge is 0.381 e. The predicted octanol–water partition coefficient (Wildman–Crippen LogP) is 2.09. The number of nitrogens with one attached hydrogen (secondary N) is 1. The van der Waals surface area contributed by atoms with E-state index in [9.17, 15) is 0 Å². The van der Waals surface area contributed by atoms with Crippen LogP contribution in [0.5, 0.6) is 0 Å². The van der Waals surface area contributed by atoms with Crippen LogP contribution in [0.1, 0.15) is 18.5 Å². The summed E-state index contributed by atoms with van der Waals surface area (Å²) in [5, 5.41) is 8.38. The molecule has 0 aliphatic carbocycles. The molecule has 1 aromatic carbocycles.